The van der Waals surface area contributed by atoms with Gasteiger partial charge in [-0.25, -0.2) is 4.98 Å². The van der Waals surface area contributed by atoms with Crippen LogP contribution in [0, 0.1) is 5.41 Å². The molecule has 0 unspecified atom stereocenters. The first-order chi connectivity index (χ1) is 25.1. The molecule has 0 radical (unpaired) electrons. The van der Waals surface area contributed by atoms with E-state index in [-0.39, 0.29) is 17.2 Å². The SMILES string of the molecule is COc1cc(-c2nccc(-c3cccc(-c4ccc(CNC5CCN(C(C)=O)CC5)c(OC)n4)c3Cl)c2Cl)ccc1CN1CC2(C1)CN(C(C)=O)C2. The molecule has 0 aliphatic carbocycles. The quantitative estimate of drug-likeness (QED) is 0.195. The highest BCUT2D eigenvalue weighted by Gasteiger charge is 2.52. The molecule has 0 atom stereocenters. The zero-order valence-corrected chi connectivity index (χ0v) is 31.6. The maximum atomic E-state index is 11.7. The van der Waals surface area contributed by atoms with Crippen LogP contribution in [-0.4, -0.2) is 96.0 Å². The molecule has 12 heteroatoms. The Labute approximate surface area is 315 Å². The number of amides is 2. The van der Waals surface area contributed by atoms with Gasteiger partial charge in [0.15, 0.2) is 0 Å². The molecular weight excluding hydrogens is 699 g/mol. The van der Waals surface area contributed by atoms with Gasteiger partial charge >= 0.3 is 0 Å². The van der Waals surface area contributed by atoms with Gasteiger partial charge < -0.3 is 24.6 Å². The fourth-order valence-electron chi connectivity index (χ4n) is 7.84. The van der Waals surface area contributed by atoms with E-state index in [2.05, 4.69) is 21.3 Å². The molecule has 0 saturated carbocycles. The van der Waals surface area contributed by atoms with E-state index in [0.29, 0.717) is 39.9 Å². The van der Waals surface area contributed by atoms with Crippen LogP contribution in [0.1, 0.15) is 37.8 Å². The molecule has 3 fully saturated rings. The van der Waals surface area contributed by atoms with E-state index in [0.717, 1.165) is 97.8 Å². The number of hydrogen-bond donors (Lipinski definition) is 1. The topological polar surface area (TPSA) is 100 Å². The van der Waals surface area contributed by atoms with Crippen molar-refractivity contribution in [3.05, 3.63) is 82.0 Å². The molecular formula is C40H44Cl2N6O4. The molecule has 3 aliphatic rings. The normalized spacial score (nSPS) is 17.1. The Hall–Kier alpha value is -4.22. The van der Waals surface area contributed by atoms with Crippen LogP contribution in [0.2, 0.25) is 10.0 Å². The summed E-state index contributed by atoms with van der Waals surface area (Å²) in [5.41, 5.74) is 6.74. The van der Waals surface area contributed by atoms with Gasteiger partial charge in [0, 0.05) is 117 Å². The second-order valence-corrected chi connectivity index (χ2v) is 15.0. The number of carbonyl (C=O) groups excluding carboxylic acids is 2. The number of rotatable bonds is 10. The van der Waals surface area contributed by atoms with Crippen molar-refractivity contribution in [2.45, 2.75) is 45.8 Å². The lowest BCUT2D eigenvalue weighted by Gasteiger charge is -2.60. The van der Waals surface area contributed by atoms with Crippen molar-refractivity contribution >= 4 is 35.0 Å². The fraction of sp³-hybridized carbons (Fsp3) is 0.400. The summed E-state index contributed by atoms with van der Waals surface area (Å²) in [6.07, 6.45) is 3.57. The number of likely N-dealkylation sites (tertiary alicyclic amines) is 3. The Morgan fingerprint density at radius 2 is 1.54 bits per heavy atom. The Morgan fingerprint density at radius 1 is 0.846 bits per heavy atom. The molecule has 4 aromatic rings. The molecule has 7 rings (SSSR count). The number of hydrogen-bond acceptors (Lipinski definition) is 8. The van der Waals surface area contributed by atoms with Gasteiger partial charge in [0.1, 0.15) is 5.75 Å². The standard InChI is InChI=1S/C40H44Cl2N6O4/c1-25(49)47-16-13-30(14-17-47)44-19-28-10-11-34(45-39(28)52-4)33-7-5-6-31(36(33)41)32-12-15-43-38(37(32)42)27-8-9-29(35(18-27)51-3)20-46-21-40(22-46)23-48(24-40)26(2)50/h5-12,15,18,30,44H,13-14,16-17,19-24H2,1-4H3. The molecule has 2 aromatic heterocycles. The molecule has 1 N–H and O–H groups in total. The van der Waals surface area contributed by atoms with E-state index in [4.69, 9.17) is 37.7 Å². The van der Waals surface area contributed by atoms with Crippen LogP contribution < -0.4 is 14.8 Å². The summed E-state index contributed by atoms with van der Waals surface area (Å²) in [5, 5.41) is 4.62. The van der Waals surface area contributed by atoms with Crippen LogP contribution in [0.25, 0.3) is 33.6 Å². The number of benzene rings is 2. The summed E-state index contributed by atoms with van der Waals surface area (Å²) in [5.74, 6) is 1.59. The van der Waals surface area contributed by atoms with Gasteiger partial charge in [0.25, 0.3) is 0 Å². The first kappa shape index (κ1) is 36.2. The summed E-state index contributed by atoms with van der Waals surface area (Å²) in [7, 11) is 3.30. The zero-order chi connectivity index (χ0) is 36.6. The highest BCUT2D eigenvalue weighted by atomic mass is 35.5. The van der Waals surface area contributed by atoms with Crippen molar-refractivity contribution in [1.29, 1.82) is 0 Å². The zero-order valence-electron chi connectivity index (χ0n) is 30.0. The number of nitrogens with one attached hydrogen (secondary N) is 1. The average molecular weight is 744 g/mol. The third-order valence-corrected chi connectivity index (χ3v) is 11.5. The lowest BCUT2D eigenvalue weighted by atomic mass is 9.72. The molecule has 52 heavy (non-hydrogen) atoms. The average Bonchev–Trinajstić information content (AvgIpc) is 3.11. The third-order valence-electron chi connectivity index (χ3n) is 10.7. The van der Waals surface area contributed by atoms with Crippen LogP contribution >= 0.6 is 23.2 Å². The summed E-state index contributed by atoms with van der Waals surface area (Å²) >= 11 is 14.2. The molecule has 10 nitrogen and oxygen atoms in total. The number of methoxy groups -OCH3 is 2. The van der Waals surface area contributed by atoms with Gasteiger partial charge in [-0.1, -0.05) is 59.6 Å². The number of carbonyl (C=O) groups is 2. The summed E-state index contributed by atoms with van der Waals surface area (Å²) in [6.45, 7) is 9.82. The van der Waals surface area contributed by atoms with E-state index in [9.17, 15) is 9.59 Å². The Bertz CT molecular complexity index is 1990. The highest BCUT2D eigenvalue weighted by Crippen LogP contribution is 2.44. The van der Waals surface area contributed by atoms with Crippen molar-refractivity contribution in [3.63, 3.8) is 0 Å². The second kappa shape index (κ2) is 15.0. The lowest BCUT2D eigenvalue weighted by Crippen LogP contribution is -2.72. The molecule has 5 heterocycles. The Balaban J connectivity index is 1.07. The predicted octanol–water partition coefficient (Wildman–Crippen LogP) is 6.57. The minimum Gasteiger partial charge on any atom is -0.496 e. The third kappa shape index (κ3) is 7.22. The largest absolute Gasteiger partial charge is 0.496 e. The highest BCUT2D eigenvalue weighted by molar-refractivity contribution is 6.39. The van der Waals surface area contributed by atoms with Crippen molar-refractivity contribution in [1.82, 2.24) is 30.0 Å². The van der Waals surface area contributed by atoms with Crippen LogP contribution in [-0.2, 0) is 22.7 Å². The minimum absolute atomic E-state index is 0.130. The Kier molecular flexibility index (Phi) is 10.4. The maximum absolute atomic E-state index is 11.7. The number of piperidine rings is 1. The van der Waals surface area contributed by atoms with Gasteiger partial charge in [-0.05, 0) is 31.0 Å². The van der Waals surface area contributed by atoms with Gasteiger partial charge in [0.05, 0.1) is 35.7 Å². The van der Waals surface area contributed by atoms with Gasteiger partial charge in [-0.3, -0.25) is 19.5 Å². The molecule has 0 bridgehead atoms. The van der Waals surface area contributed by atoms with Crippen LogP contribution in [0.15, 0.2) is 60.8 Å². The second-order valence-electron chi connectivity index (χ2n) is 14.3. The van der Waals surface area contributed by atoms with E-state index in [1.54, 1.807) is 34.3 Å². The molecule has 3 aliphatic heterocycles. The molecule has 272 valence electrons. The van der Waals surface area contributed by atoms with E-state index in [1.165, 1.54) is 0 Å². The van der Waals surface area contributed by atoms with Gasteiger partial charge in [-0.15, -0.1) is 0 Å². The van der Waals surface area contributed by atoms with Gasteiger partial charge in [0.2, 0.25) is 17.7 Å². The monoisotopic (exact) mass is 742 g/mol. The molecule has 3 saturated heterocycles. The van der Waals surface area contributed by atoms with E-state index in [1.807, 2.05) is 58.3 Å². The smallest absolute Gasteiger partial charge is 0.219 e. The minimum atomic E-state index is 0.130. The van der Waals surface area contributed by atoms with Crippen LogP contribution in [0.5, 0.6) is 11.6 Å². The lowest BCUT2D eigenvalue weighted by molar-refractivity contribution is -0.157. The summed E-state index contributed by atoms with van der Waals surface area (Å²) < 4.78 is 11.6. The fourth-order valence-corrected chi connectivity index (χ4v) is 8.49. The molecule has 1 spiro atoms. The number of aromatic nitrogens is 2. The van der Waals surface area contributed by atoms with Gasteiger partial charge in [-0.2, -0.15) is 0 Å². The predicted molar refractivity (Wildman–Crippen MR) is 204 cm³/mol. The van der Waals surface area contributed by atoms with Crippen molar-refractivity contribution < 1.29 is 19.1 Å². The number of halogens is 2. The van der Waals surface area contributed by atoms with E-state index >= 15 is 0 Å². The molecule has 2 aromatic carbocycles. The number of pyridine rings is 2. The van der Waals surface area contributed by atoms with Crippen molar-refractivity contribution in [3.8, 4) is 45.3 Å². The van der Waals surface area contributed by atoms with Crippen molar-refractivity contribution in [2.24, 2.45) is 5.41 Å². The van der Waals surface area contributed by atoms with Crippen LogP contribution in [0.3, 0.4) is 0 Å². The maximum Gasteiger partial charge on any atom is 0.219 e. The Morgan fingerprint density at radius 3 is 2.23 bits per heavy atom. The first-order valence-corrected chi connectivity index (χ1v) is 18.5. The number of ether oxygens (including phenoxy) is 2. The summed E-state index contributed by atoms with van der Waals surface area (Å²) in [4.78, 5) is 39.1. The van der Waals surface area contributed by atoms with Crippen molar-refractivity contribution in [2.75, 3.05) is 53.5 Å². The van der Waals surface area contributed by atoms with Crippen LogP contribution in [0.4, 0.5) is 0 Å². The summed E-state index contributed by atoms with van der Waals surface area (Å²) in [6, 6.07) is 18.1. The van der Waals surface area contributed by atoms with E-state index < -0.39 is 0 Å². The number of nitrogens with zero attached hydrogens (tertiary/aromatic N) is 5. The first-order valence-electron chi connectivity index (χ1n) is 17.7. The molecule has 2 amide bonds.